The van der Waals surface area contributed by atoms with Crippen molar-refractivity contribution in [3.05, 3.63) is 65.4 Å². The molecule has 1 heterocycles. The van der Waals surface area contributed by atoms with Gasteiger partial charge in [0.05, 0.1) is 5.52 Å². The van der Waals surface area contributed by atoms with Gasteiger partial charge in [-0.25, -0.2) is 0 Å². The Kier molecular flexibility index (Phi) is 3.29. The van der Waals surface area contributed by atoms with Crippen molar-refractivity contribution in [3.8, 4) is 5.69 Å². The summed E-state index contributed by atoms with van der Waals surface area (Å²) < 4.78 is 2.48. The molecule has 4 rings (SSSR count). The fourth-order valence-electron chi connectivity index (χ4n) is 3.81. The normalized spacial score (nSPS) is 15.2. The van der Waals surface area contributed by atoms with Gasteiger partial charge in [0, 0.05) is 16.8 Å². The first-order valence-electron chi connectivity index (χ1n) is 8.51. The van der Waals surface area contributed by atoms with Gasteiger partial charge in [0.1, 0.15) is 0 Å². The van der Waals surface area contributed by atoms with Gasteiger partial charge in [-0.3, -0.25) is 0 Å². The second-order valence-corrected chi connectivity index (χ2v) is 6.54. The third-order valence-electron chi connectivity index (χ3n) is 5.24. The summed E-state index contributed by atoms with van der Waals surface area (Å²) in [6.07, 6.45) is 4.93. The van der Waals surface area contributed by atoms with Crippen LogP contribution in [0.3, 0.4) is 0 Å². The van der Waals surface area contributed by atoms with Crippen LogP contribution in [-0.4, -0.2) is 4.57 Å². The highest BCUT2D eigenvalue weighted by atomic mass is 15.0. The molecule has 1 atom stereocenters. The highest BCUT2D eigenvalue weighted by Gasteiger charge is 2.22. The molecule has 1 aliphatic rings. The van der Waals surface area contributed by atoms with Crippen molar-refractivity contribution >= 4 is 10.9 Å². The summed E-state index contributed by atoms with van der Waals surface area (Å²) in [5.41, 5.74) is 7.27. The van der Waals surface area contributed by atoms with Crippen molar-refractivity contribution in [3.63, 3.8) is 0 Å². The van der Waals surface area contributed by atoms with Crippen LogP contribution in [0.1, 0.15) is 49.4 Å². The van der Waals surface area contributed by atoms with E-state index in [-0.39, 0.29) is 0 Å². The van der Waals surface area contributed by atoms with E-state index < -0.39 is 0 Å². The molecule has 1 unspecified atom stereocenters. The predicted molar refractivity (Wildman–Crippen MR) is 94.0 cm³/mol. The zero-order chi connectivity index (χ0) is 15.1. The smallest absolute Gasteiger partial charge is 0.0534 e. The minimum atomic E-state index is 0.640. The first-order chi connectivity index (χ1) is 10.8. The van der Waals surface area contributed by atoms with Crippen LogP contribution in [0, 0.1) is 0 Å². The van der Waals surface area contributed by atoms with Crippen LogP contribution < -0.4 is 0 Å². The molecule has 2 aromatic carbocycles. The molecular weight excluding hydrogens is 266 g/mol. The Morgan fingerprint density at radius 3 is 2.64 bits per heavy atom. The van der Waals surface area contributed by atoms with E-state index in [1.165, 1.54) is 53.5 Å². The largest absolute Gasteiger partial charge is 0.313 e. The minimum Gasteiger partial charge on any atom is -0.313 e. The second kappa shape index (κ2) is 5.31. The summed E-state index contributed by atoms with van der Waals surface area (Å²) in [6, 6.07) is 17.9. The summed E-state index contributed by atoms with van der Waals surface area (Å²) >= 11 is 0. The number of rotatable bonds is 3. The molecule has 0 spiro atoms. The molecule has 3 aromatic rings. The van der Waals surface area contributed by atoms with E-state index in [1.807, 2.05) is 0 Å². The van der Waals surface area contributed by atoms with Gasteiger partial charge in [-0.15, -0.1) is 0 Å². The molecule has 1 aliphatic carbocycles. The zero-order valence-corrected chi connectivity index (χ0v) is 13.5. The maximum absolute atomic E-state index is 2.48. The third-order valence-corrected chi connectivity index (χ3v) is 5.24. The van der Waals surface area contributed by atoms with Crippen LogP contribution in [0.5, 0.6) is 0 Å². The van der Waals surface area contributed by atoms with Crippen LogP contribution >= 0.6 is 0 Å². The first kappa shape index (κ1) is 13.6. The molecule has 1 nitrogen and oxygen atoms in total. The molecule has 0 bridgehead atoms. The van der Waals surface area contributed by atoms with Crippen LogP contribution in [-0.2, 0) is 12.8 Å². The summed E-state index contributed by atoms with van der Waals surface area (Å²) in [5.74, 6) is 0.640. The number of nitrogens with zero attached hydrogens (tertiary/aromatic N) is 1. The third kappa shape index (κ3) is 1.99. The van der Waals surface area contributed by atoms with Crippen molar-refractivity contribution in [1.29, 1.82) is 0 Å². The Morgan fingerprint density at radius 2 is 1.86 bits per heavy atom. The highest BCUT2D eigenvalue weighted by molar-refractivity contribution is 5.88. The van der Waals surface area contributed by atoms with Crippen molar-refractivity contribution in [2.75, 3.05) is 0 Å². The first-order valence-corrected chi connectivity index (χ1v) is 8.51. The van der Waals surface area contributed by atoms with E-state index >= 15 is 0 Å². The fourth-order valence-corrected chi connectivity index (χ4v) is 3.81. The van der Waals surface area contributed by atoms with Crippen LogP contribution in [0.4, 0.5) is 0 Å². The van der Waals surface area contributed by atoms with E-state index in [1.54, 1.807) is 5.56 Å². The number of para-hydroxylation sites is 1. The molecule has 0 saturated heterocycles. The van der Waals surface area contributed by atoms with Crippen LogP contribution in [0.15, 0.2) is 48.5 Å². The molecule has 112 valence electrons. The van der Waals surface area contributed by atoms with Crippen molar-refractivity contribution < 1.29 is 0 Å². The van der Waals surface area contributed by atoms with E-state index in [4.69, 9.17) is 0 Å². The van der Waals surface area contributed by atoms with E-state index in [2.05, 4.69) is 66.9 Å². The van der Waals surface area contributed by atoms with Gasteiger partial charge >= 0.3 is 0 Å². The quantitative estimate of drug-likeness (QED) is 0.588. The lowest BCUT2D eigenvalue weighted by Crippen LogP contribution is -1.98. The van der Waals surface area contributed by atoms with Gasteiger partial charge in [-0.2, -0.15) is 0 Å². The molecule has 1 heteroatoms. The number of benzene rings is 2. The molecule has 0 saturated carbocycles. The topological polar surface area (TPSA) is 4.93 Å². The Labute approximate surface area is 132 Å². The zero-order valence-electron chi connectivity index (χ0n) is 13.5. The molecule has 0 N–H and O–H groups in total. The molecule has 0 amide bonds. The Morgan fingerprint density at radius 1 is 1.05 bits per heavy atom. The summed E-state index contributed by atoms with van der Waals surface area (Å²) in [4.78, 5) is 0. The van der Waals surface area contributed by atoms with Crippen LogP contribution in [0.2, 0.25) is 0 Å². The van der Waals surface area contributed by atoms with Gasteiger partial charge in [0.2, 0.25) is 0 Å². The van der Waals surface area contributed by atoms with Crippen molar-refractivity contribution in [2.45, 2.75) is 45.4 Å². The van der Waals surface area contributed by atoms with Crippen molar-refractivity contribution in [1.82, 2.24) is 4.57 Å². The van der Waals surface area contributed by atoms with Gasteiger partial charge in [-0.05, 0) is 67.0 Å². The Balaban J connectivity index is 1.98. The SMILES string of the molecule is CCC(C)c1ccc2c(c1)c1c(n2-c2ccccc2)CCC1. The predicted octanol–water partition coefficient (Wildman–Crippen LogP) is 5.63. The molecule has 0 fully saturated rings. The Bertz CT molecular complexity index is 811. The van der Waals surface area contributed by atoms with Crippen molar-refractivity contribution in [2.24, 2.45) is 0 Å². The van der Waals surface area contributed by atoms with Crippen LogP contribution in [0.25, 0.3) is 16.6 Å². The van der Waals surface area contributed by atoms with Gasteiger partial charge < -0.3 is 4.57 Å². The number of aromatic nitrogens is 1. The van der Waals surface area contributed by atoms with Gasteiger partial charge in [0.15, 0.2) is 0 Å². The lowest BCUT2D eigenvalue weighted by atomic mass is 9.96. The number of hydrogen-bond acceptors (Lipinski definition) is 0. The molecule has 0 radical (unpaired) electrons. The summed E-state index contributed by atoms with van der Waals surface area (Å²) in [7, 11) is 0. The number of fused-ring (bicyclic) bond motifs is 3. The van der Waals surface area contributed by atoms with E-state index in [0.717, 1.165) is 0 Å². The maximum atomic E-state index is 2.48. The summed E-state index contributed by atoms with van der Waals surface area (Å²) in [5, 5.41) is 1.48. The standard InChI is InChI=1S/C21H23N/c1-3-15(2)16-12-13-21-19(14-16)18-10-7-11-20(18)22(21)17-8-5-4-6-9-17/h4-6,8-9,12-15H,3,7,10-11H2,1-2H3. The monoisotopic (exact) mass is 289 g/mol. The Hall–Kier alpha value is -2.02. The molecule has 0 aliphatic heterocycles. The lowest BCUT2D eigenvalue weighted by molar-refractivity contribution is 0.734. The van der Waals surface area contributed by atoms with E-state index in [0.29, 0.717) is 5.92 Å². The number of hydrogen-bond donors (Lipinski definition) is 0. The minimum absolute atomic E-state index is 0.640. The maximum Gasteiger partial charge on any atom is 0.0534 e. The van der Waals surface area contributed by atoms with Gasteiger partial charge in [-0.1, -0.05) is 38.1 Å². The average molecular weight is 289 g/mol. The van der Waals surface area contributed by atoms with E-state index in [9.17, 15) is 0 Å². The van der Waals surface area contributed by atoms with Gasteiger partial charge in [0.25, 0.3) is 0 Å². The average Bonchev–Trinajstić information content (AvgIpc) is 3.15. The molecule has 1 aromatic heterocycles. The highest BCUT2D eigenvalue weighted by Crippen LogP contribution is 2.37. The summed E-state index contributed by atoms with van der Waals surface area (Å²) in [6.45, 7) is 4.60. The molecular formula is C21H23N. The lowest BCUT2D eigenvalue weighted by Gasteiger charge is -2.12. The number of aryl methyl sites for hydroxylation is 1. The fraction of sp³-hybridized carbons (Fsp3) is 0.333. The molecule has 22 heavy (non-hydrogen) atoms. The second-order valence-electron chi connectivity index (χ2n) is 6.54.